The summed E-state index contributed by atoms with van der Waals surface area (Å²) in [6.45, 7) is 4.47. The highest BCUT2D eigenvalue weighted by molar-refractivity contribution is 7.98. The van der Waals surface area contributed by atoms with Gasteiger partial charge in [0.15, 0.2) is 0 Å². The minimum Gasteiger partial charge on any atom is -0.465 e. The van der Waals surface area contributed by atoms with Crippen LogP contribution in [0, 0.1) is 5.92 Å². The fourth-order valence-corrected chi connectivity index (χ4v) is 4.05. The van der Waals surface area contributed by atoms with E-state index in [2.05, 4.69) is 19.7 Å². The van der Waals surface area contributed by atoms with Crippen molar-refractivity contribution >= 4 is 46.2 Å². The lowest BCUT2D eigenvalue weighted by Gasteiger charge is -2.09. The molecule has 1 heterocycles. The van der Waals surface area contributed by atoms with Crippen LogP contribution < -0.4 is 16.4 Å². The molecule has 0 fully saturated rings. The molecule has 0 saturated carbocycles. The number of nitrogens with zero attached hydrogens (tertiary/aromatic N) is 1. The van der Waals surface area contributed by atoms with E-state index in [1.54, 1.807) is 24.3 Å². The van der Waals surface area contributed by atoms with Crippen LogP contribution in [0.15, 0.2) is 29.3 Å². The number of anilines is 1. The van der Waals surface area contributed by atoms with Gasteiger partial charge in [-0.1, -0.05) is 37.7 Å². The molecule has 0 unspecified atom stereocenters. The van der Waals surface area contributed by atoms with Crippen LogP contribution in [0.5, 0.6) is 0 Å². The van der Waals surface area contributed by atoms with Crippen molar-refractivity contribution in [3.05, 3.63) is 41.0 Å². The number of esters is 1. The zero-order valence-corrected chi connectivity index (χ0v) is 17.4. The Bertz CT molecular complexity index is 850. The van der Waals surface area contributed by atoms with Gasteiger partial charge in [0.05, 0.1) is 12.7 Å². The average Bonchev–Trinajstić information content (AvgIpc) is 3.07. The monoisotopic (exact) mass is 422 g/mol. The van der Waals surface area contributed by atoms with Crippen molar-refractivity contribution < 1.29 is 19.1 Å². The van der Waals surface area contributed by atoms with E-state index in [-0.39, 0.29) is 5.56 Å². The van der Waals surface area contributed by atoms with Crippen LogP contribution in [0.1, 0.15) is 40.1 Å². The van der Waals surface area contributed by atoms with E-state index >= 15 is 0 Å². The van der Waals surface area contributed by atoms with E-state index in [0.29, 0.717) is 33.8 Å². The smallest absolute Gasteiger partial charge is 0.337 e. The number of thioether (sulfide) groups is 1. The third-order valence-electron chi connectivity index (χ3n) is 3.56. The number of carbonyl (C=O) groups excluding carboxylic acids is 3. The maximum atomic E-state index is 12.0. The lowest BCUT2D eigenvalue weighted by molar-refractivity contribution is 0.0600. The molecule has 4 N–H and O–H groups in total. The number of benzene rings is 1. The SMILES string of the molecule is COC(=O)c1ccc(CSc2nsc(NC(=O)NCC(C)C)c2C(N)=O)cc1. The molecular formula is C18H22N4O4S2. The molecule has 0 aliphatic heterocycles. The van der Waals surface area contributed by atoms with Crippen LogP contribution in [0.2, 0.25) is 0 Å². The van der Waals surface area contributed by atoms with Gasteiger partial charge in [-0.15, -0.1) is 0 Å². The zero-order chi connectivity index (χ0) is 20.7. The molecule has 28 heavy (non-hydrogen) atoms. The van der Waals surface area contributed by atoms with Crippen molar-refractivity contribution in [2.45, 2.75) is 24.6 Å². The lowest BCUT2D eigenvalue weighted by atomic mass is 10.1. The van der Waals surface area contributed by atoms with Crippen molar-refractivity contribution in [2.75, 3.05) is 19.0 Å². The zero-order valence-electron chi connectivity index (χ0n) is 15.8. The maximum Gasteiger partial charge on any atom is 0.337 e. The van der Waals surface area contributed by atoms with E-state index in [0.717, 1.165) is 17.1 Å². The van der Waals surface area contributed by atoms with Crippen LogP contribution in [-0.2, 0) is 10.5 Å². The van der Waals surface area contributed by atoms with Crippen LogP contribution in [-0.4, -0.2) is 35.9 Å². The van der Waals surface area contributed by atoms with E-state index in [1.807, 2.05) is 13.8 Å². The second kappa shape index (κ2) is 10.1. The number of ether oxygens (including phenoxy) is 1. The fraction of sp³-hybridized carbons (Fsp3) is 0.333. The van der Waals surface area contributed by atoms with Crippen molar-refractivity contribution in [3.63, 3.8) is 0 Å². The number of rotatable bonds is 8. The number of nitrogens with two attached hydrogens (primary N) is 1. The van der Waals surface area contributed by atoms with Gasteiger partial charge in [0.1, 0.15) is 15.6 Å². The molecule has 0 spiro atoms. The number of nitrogens with one attached hydrogen (secondary N) is 2. The van der Waals surface area contributed by atoms with Crippen LogP contribution in [0.3, 0.4) is 0 Å². The molecule has 8 nitrogen and oxygen atoms in total. The summed E-state index contributed by atoms with van der Waals surface area (Å²) < 4.78 is 8.92. The first kappa shape index (κ1) is 21.7. The average molecular weight is 423 g/mol. The highest BCUT2D eigenvalue weighted by Gasteiger charge is 2.21. The lowest BCUT2D eigenvalue weighted by Crippen LogP contribution is -2.32. The minimum absolute atomic E-state index is 0.195. The van der Waals surface area contributed by atoms with Crippen LogP contribution in [0.25, 0.3) is 0 Å². The number of carbonyl (C=O) groups is 3. The van der Waals surface area contributed by atoms with Crippen molar-refractivity contribution in [1.82, 2.24) is 9.69 Å². The summed E-state index contributed by atoms with van der Waals surface area (Å²) in [5.41, 5.74) is 7.08. The molecule has 0 aliphatic carbocycles. The molecule has 2 rings (SSSR count). The summed E-state index contributed by atoms with van der Waals surface area (Å²) in [7, 11) is 1.33. The third kappa shape index (κ3) is 5.96. The van der Waals surface area contributed by atoms with Crippen molar-refractivity contribution in [2.24, 2.45) is 11.7 Å². The van der Waals surface area contributed by atoms with E-state index < -0.39 is 17.9 Å². The first-order chi connectivity index (χ1) is 13.3. The molecule has 0 atom stereocenters. The number of urea groups is 1. The minimum atomic E-state index is -0.656. The Balaban J connectivity index is 2.05. The van der Waals surface area contributed by atoms with E-state index in [9.17, 15) is 14.4 Å². The summed E-state index contributed by atoms with van der Waals surface area (Å²) in [4.78, 5) is 35.3. The molecule has 10 heteroatoms. The van der Waals surface area contributed by atoms with Gasteiger partial charge in [-0.05, 0) is 35.1 Å². The van der Waals surface area contributed by atoms with Gasteiger partial charge < -0.3 is 15.8 Å². The number of aromatic nitrogens is 1. The molecule has 0 radical (unpaired) electrons. The Hall–Kier alpha value is -2.59. The molecule has 1 aromatic heterocycles. The second-order valence-electron chi connectivity index (χ2n) is 6.26. The molecule has 1 aromatic carbocycles. The highest BCUT2D eigenvalue weighted by Crippen LogP contribution is 2.33. The predicted octanol–water partition coefficient (Wildman–Crippen LogP) is 3.10. The van der Waals surface area contributed by atoms with Gasteiger partial charge in [-0.25, -0.2) is 9.59 Å². The number of primary amides is 1. The molecular weight excluding hydrogens is 400 g/mol. The Morgan fingerprint density at radius 1 is 1.25 bits per heavy atom. The van der Waals surface area contributed by atoms with Gasteiger partial charge in [-0.2, -0.15) is 4.37 Å². The molecule has 0 bridgehead atoms. The topological polar surface area (TPSA) is 123 Å². The molecule has 150 valence electrons. The summed E-state index contributed by atoms with van der Waals surface area (Å²) in [6, 6.07) is 6.53. The molecule has 3 amide bonds. The normalized spacial score (nSPS) is 10.6. The number of hydrogen-bond acceptors (Lipinski definition) is 7. The van der Waals surface area contributed by atoms with Crippen LogP contribution >= 0.6 is 23.3 Å². The Kier molecular flexibility index (Phi) is 7.82. The van der Waals surface area contributed by atoms with Gasteiger partial charge >= 0.3 is 12.0 Å². The highest BCUT2D eigenvalue weighted by atomic mass is 32.2. The van der Waals surface area contributed by atoms with Crippen molar-refractivity contribution in [1.29, 1.82) is 0 Å². The quantitative estimate of drug-likeness (QED) is 0.444. The van der Waals surface area contributed by atoms with E-state index in [1.165, 1.54) is 18.9 Å². The number of amides is 3. The van der Waals surface area contributed by atoms with Gasteiger partial charge in [0.2, 0.25) is 0 Å². The summed E-state index contributed by atoms with van der Waals surface area (Å²) in [6.07, 6.45) is 0. The first-order valence-corrected chi connectivity index (χ1v) is 10.2. The van der Waals surface area contributed by atoms with Gasteiger partial charge in [-0.3, -0.25) is 10.1 Å². The van der Waals surface area contributed by atoms with Crippen LogP contribution in [0.4, 0.5) is 9.80 Å². The van der Waals surface area contributed by atoms with Gasteiger partial charge in [0, 0.05) is 12.3 Å². The first-order valence-electron chi connectivity index (χ1n) is 8.46. The third-order valence-corrected chi connectivity index (χ3v) is 5.48. The number of hydrogen-bond donors (Lipinski definition) is 3. The number of methoxy groups -OCH3 is 1. The maximum absolute atomic E-state index is 12.0. The Morgan fingerprint density at radius 3 is 2.50 bits per heavy atom. The second-order valence-corrected chi connectivity index (χ2v) is 8.00. The van der Waals surface area contributed by atoms with Crippen molar-refractivity contribution in [3.8, 4) is 0 Å². The fourth-order valence-electron chi connectivity index (χ4n) is 2.13. The Labute approximate surface area is 171 Å². The molecule has 0 saturated heterocycles. The summed E-state index contributed by atoms with van der Waals surface area (Å²) >= 11 is 2.33. The van der Waals surface area contributed by atoms with E-state index in [4.69, 9.17) is 5.73 Å². The van der Waals surface area contributed by atoms with Gasteiger partial charge in [0.25, 0.3) is 5.91 Å². The summed E-state index contributed by atoms with van der Waals surface area (Å²) in [5.74, 6) is -0.234. The largest absolute Gasteiger partial charge is 0.465 e. The predicted molar refractivity (Wildman–Crippen MR) is 110 cm³/mol. The molecule has 2 aromatic rings. The summed E-state index contributed by atoms with van der Waals surface area (Å²) in [5, 5.41) is 6.12. The standard InChI is InChI=1S/C18H22N4O4S2/c1-10(2)8-20-18(25)21-15-13(14(19)23)16(22-28-15)27-9-11-4-6-12(7-5-11)17(24)26-3/h4-7,10H,8-9H2,1-3H3,(H2,19,23)(H2,20,21,25). The Morgan fingerprint density at radius 2 is 1.93 bits per heavy atom. The molecule has 0 aliphatic rings.